The highest BCUT2D eigenvalue weighted by Gasteiger charge is 2.25. The summed E-state index contributed by atoms with van der Waals surface area (Å²) in [5.41, 5.74) is 0.301. The van der Waals surface area contributed by atoms with Gasteiger partial charge in [0.05, 0.1) is 0 Å². The van der Waals surface area contributed by atoms with Gasteiger partial charge >= 0.3 is 0 Å². The molecule has 3 nitrogen and oxygen atoms in total. The highest BCUT2D eigenvalue weighted by Crippen LogP contribution is 2.29. The maximum absolute atomic E-state index is 4.25. The number of aryl methyl sites for hydroxylation is 1. The summed E-state index contributed by atoms with van der Waals surface area (Å²) in [7, 11) is 1.94. The van der Waals surface area contributed by atoms with Gasteiger partial charge < -0.3 is 0 Å². The predicted molar refractivity (Wildman–Crippen MR) is 61.4 cm³/mol. The quantitative estimate of drug-likeness (QED) is 0.781. The Hall–Kier alpha value is -0.380. The van der Waals surface area contributed by atoms with Crippen LogP contribution in [0.15, 0.2) is 6.33 Å². The van der Waals surface area contributed by atoms with Gasteiger partial charge in [-0.2, -0.15) is 5.10 Å². The molecule has 0 saturated carbocycles. The molecule has 0 N–H and O–H groups in total. The Morgan fingerprint density at radius 3 is 2.50 bits per heavy atom. The first kappa shape index (κ1) is 11.7. The zero-order chi connectivity index (χ0) is 10.8. The predicted octanol–water partition coefficient (Wildman–Crippen LogP) is 2.41. The molecule has 1 unspecified atom stereocenters. The van der Waals surface area contributed by atoms with Crippen LogP contribution in [0.25, 0.3) is 0 Å². The lowest BCUT2D eigenvalue weighted by molar-refractivity contribution is 0.261. The standard InChI is InChI=1S/C10H18BrN3/c1-10(2,3)8(6-11)5-9-12-7-13-14(9)4/h7-8H,5-6H2,1-4H3. The summed E-state index contributed by atoms with van der Waals surface area (Å²) in [5.74, 6) is 1.65. The smallest absolute Gasteiger partial charge is 0.138 e. The molecule has 0 spiro atoms. The largest absolute Gasteiger partial charge is 0.253 e. The van der Waals surface area contributed by atoms with E-state index in [9.17, 15) is 0 Å². The zero-order valence-electron chi connectivity index (χ0n) is 9.29. The Kier molecular flexibility index (Phi) is 3.70. The molecule has 0 fully saturated rings. The van der Waals surface area contributed by atoms with Crippen molar-refractivity contribution in [3.63, 3.8) is 0 Å². The number of aromatic nitrogens is 3. The van der Waals surface area contributed by atoms with Crippen molar-refractivity contribution in [2.75, 3.05) is 5.33 Å². The molecule has 1 aromatic rings. The molecule has 80 valence electrons. The molecular weight excluding hydrogens is 242 g/mol. The van der Waals surface area contributed by atoms with E-state index in [1.807, 2.05) is 11.7 Å². The van der Waals surface area contributed by atoms with Gasteiger partial charge in [0.15, 0.2) is 0 Å². The monoisotopic (exact) mass is 259 g/mol. The minimum absolute atomic E-state index is 0.301. The van der Waals surface area contributed by atoms with Crippen molar-refractivity contribution >= 4 is 15.9 Å². The summed E-state index contributed by atoms with van der Waals surface area (Å²) in [5, 5.41) is 5.08. The number of hydrogen-bond donors (Lipinski definition) is 0. The van der Waals surface area contributed by atoms with Crippen LogP contribution in [0, 0.1) is 11.3 Å². The van der Waals surface area contributed by atoms with E-state index < -0.39 is 0 Å². The molecule has 0 amide bonds. The molecule has 4 heteroatoms. The van der Waals surface area contributed by atoms with E-state index in [4.69, 9.17) is 0 Å². The minimum Gasteiger partial charge on any atom is -0.253 e. The van der Waals surface area contributed by atoms with Gasteiger partial charge in [-0.15, -0.1) is 0 Å². The summed E-state index contributed by atoms with van der Waals surface area (Å²) >= 11 is 3.56. The van der Waals surface area contributed by atoms with Gasteiger partial charge in [0, 0.05) is 18.8 Å². The molecule has 1 rings (SSSR count). The van der Waals surface area contributed by atoms with Gasteiger partial charge in [-0.05, 0) is 11.3 Å². The van der Waals surface area contributed by atoms with Gasteiger partial charge in [-0.25, -0.2) is 4.98 Å². The van der Waals surface area contributed by atoms with E-state index in [0.29, 0.717) is 11.3 Å². The Bertz CT molecular complexity index is 288. The Balaban J connectivity index is 2.71. The lowest BCUT2D eigenvalue weighted by Gasteiger charge is -2.28. The second-order valence-electron chi connectivity index (χ2n) is 4.72. The Morgan fingerprint density at radius 1 is 1.50 bits per heavy atom. The van der Waals surface area contributed by atoms with Gasteiger partial charge in [0.1, 0.15) is 12.2 Å². The van der Waals surface area contributed by atoms with E-state index in [0.717, 1.165) is 17.6 Å². The van der Waals surface area contributed by atoms with Crippen molar-refractivity contribution in [3.8, 4) is 0 Å². The second-order valence-corrected chi connectivity index (χ2v) is 5.37. The number of nitrogens with zero attached hydrogens (tertiary/aromatic N) is 3. The van der Waals surface area contributed by atoms with Crippen LogP contribution in [0.5, 0.6) is 0 Å². The molecule has 0 aliphatic heterocycles. The van der Waals surface area contributed by atoms with Crippen LogP contribution in [0.4, 0.5) is 0 Å². The summed E-state index contributed by atoms with van der Waals surface area (Å²) in [6.45, 7) is 6.78. The van der Waals surface area contributed by atoms with Crippen LogP contribution in [-0.4, -0.2) is 20.1 Å². The van der Waals surface area contributed by atoms with Crippen LogP contribution in [0.2, 0.25) is 0 Å². The fourth-order valence-electron chi connectivity index (χ4n) is 1.32. The fourth-order valence-corrected chi connectivity index (χ4v) is 2.52. The first-order valence-electron chi connectivity index (χ1n) is 4.84. The first-order chi connectivity index (χ1) is 6.45. The van der Waals surface area contributed by atoms with Crippen molar-refractivity contribution in [2.24, 2.45) is 18.4 Å². The molecule has 0 aromatic carbocycles. The van der Waals surface area contributed by atoms with Crippen LogP contribution >= 0.6 is 15.9 Å². The van der Waals surface area contributed by atoms with Crippen molar-refractivity contribution in [3.05, 3.63) is 12.2 Å². The Labute approximate surface area is 94.0 Å². The molecule has 0 aliphatic carbocycles. The summed E-state index contributed by atoms with van der Waals surface area (Å²) < 4.78 is 1.85. The van der Waals surface area contributed by atoms with Crippen molar-refractivity contribution in [2.45, 2.75) is 27.2 Å². The molecule has 1 heterocycles. The molecule has 1 atom stereocenters. The fraction of sp³-hybridized carbons (Fsp3) is 0.800. The first-order valence-corrected chi connectivity index (χ1v) is 5.96. The number of rotatable bonds is 3. The van der Waals surface area contributed by atoms with Crippen LogP contribution < -0.4 is 0 Å². The summed E-state index contributed by atoms with van der Waals surface area (Å²) in [6.07, 6.45) is 2.59. The molecule has 0 aliphatic rings. The highest BCUT2D eigenvalue weighted by atomic mass is 79.9. The third-order valence-electron chi connectivity index (χ3n) is 2.65. The molecule has 0 bridgehead atoms. The van der Waals surface area contributed by atoms with Crippen molar-refractivity contribution in [1.82, 2.24) is 14.8 Å². The van der Waals surface area contributed by atoms with Gasteiger partial charge in [-0.1, -0.05) is 36.7 Å². The lowest BCUT2D eigenvalue weighted by atomic mass is 9.80. The average Bonchev–Trinajstić information content (AvgIpc) is 2.45. The maximum Gasteiger partial charge on any atom is 0.138 e. The van der Waals surface area contributed by atoms with Crippen molar-refractivity contribution < 1.29 is 0 Å². The van der Waals surface area contributed by atoms with E-state index >= 15 is 0 Å². The molecular formula is C10H18BrN3. The van der Waals surface area contributed by atoms with E-state index in [2.05, 4.69) is 46.8 Å². The van der Waals surface area contributed by atoms with Crippen molar-refractivity contribution in [1.29, 1.82) is 0 Å². The summed E-state index contributed by atoms with van der Waals surface area (Å²) in [4.78, 5) is 4.25. The average molecular weight is 260 g/mol. The normalized spacial score (nSPS) is 14.4. The van der Waals surface area contributed by atoms with E-state index in [1.165, 1.54) is 0 Å². The van der Waals surface area contributed by atoms with E-state index in [1.54, 1.807) is 6.33 Å². The van der Waals surface area contributed by atoms with Gasteiger partial charge in [-0.3, -0.25) is 4.68 Å². The summed E-state index contributed by atoms with van der Waals surface area (Å²) in [6, 6.07) is 0. The lowest BCUT2D eigenvalue weighted by Crippen LogP contribution is -2.25. The number of halogens is 1. The molecule has 1 aromatic heterocycles. The van der Waals surface area contributed by atoms with Crippen LogP contribution in [0.3, 0.4) is 0 Å². The number of hydrogen-bond acceptors (Lipinski definition) is 2. The Morgan fingerprint density at radius 2 is 2.14 bits per heavy atom. The third kappa shape index (κ3) is 2.80. The topological polar surface area (TPSA) is 30.7 Å². The van der Waals surface area contributed by atoms with E-state index in [-0.39, 0.29) is 0 Å². The minimum atomic E-state index is 0.301. The molecule has 0 radical (unpaired) electrons. The molecule has 14 heavy (non-hydrogen) atoms. The highest BCUT2D eigenvalue weighted by molar-refractivity contribution is 9.09. The molecule has 0 saturated heterocycles. The maximum atomic E-state index is 4.25. The second kappa shape index (κ2) is 4.43. The van der Waals surface area contributed by atoms with Crippen LogP contribution in [-0.2, 0) is 13.5 Å². The SMILES string of the molecule is Cn1ncnc1CC(CBr)C(C)(C)C. The third-order valence-corrected chi connectivity index (χ3v) is 3.43. The van der Waals surface area contributed by atoms with Gasteiger partial charge in [0.2, 0.25) is 0 Å². The zero-order valence-corrected chi connectivity index (χ0v) is 10.9. The number of alkyl halides is 1. The van der Waals surface area contributed by atoms with Gasteiger partial charge in [0.25, 0.3) is 0 Å². The van der Waals surface area contributed by atoms with Crippen LogP contribution in [0.1, 0.15) is 26.6 Å².